The minimum Gasteiger partial charge on any atom is -0.490 e. The van der Waals surface area contributed by atoms with Gasteiger partial charge in [0.15, 0.2) is 11.5 Å². The van der Waals surface area contributed by atoms with Gasteiger partial charge in [0, 0.05) is 6.54 Å². The highest BCUT2D eigenvalue weighted by Gasteiger charge is 2.07. The number of aryl methyl sites for hydroxylation is 1. The van der Waals surface area contributed by atoms with Gasteiger partial charge in [-0.15, -0.1) is 12.4 Å². The summed E-state index contributed by atoms with van der Waals surface area (Å²) in [6.45, 7) is 9.49. The van der Waals surface area contributed by atoms with Gasteiger partial charge in [0.05, 0.1) is 6.61 Å². The van der Waals surface area contributed by atoms with Gasteiger partial charge in [-0.25, -0.2) is 0 Å². The van der Waals surface area contributed by atoms with Gasteiger partial charge in [0.1, 0.15) is 6.61 Å². The molecule has 0 amide bonds. The molecule has 162 valence electrons. The monoisotopic (exact) mass is 419 g/mol. The van der Waals surface area contributed by atoms with Crippen LogP contribution < -0.4 is 14.8 Å². The fourth-order valence-electron chi connectivity index (χ4n) is 3.16. The van der Waals surface area contributed by atoms with E-state index in [0.717, 1.165) is 30.2 Å². The molecule has 0 aliphatic carbocycles. The van der Waals surface area contributed by atoms with E-state index < -0.39 is 0 Å². The fourth-order valence-corrected chi connectivity index (χ4v) is 3.16. The molecule has 0 heterocycles. The Bertz CT molecular complexity index is 673. The summed E-state index contributed by atoms with van der Waals surface area (Å²) in [4.78, 5) is 0. The largest absolute Gasteiger partial charge is 0.490 e. The second-order valence-electron chi connectivity index (χ2n) is 7.43. The third-order valence-electron chi connectivity index (χ3n) is 4.86. The van der Waals surface area contributed by atoms with Crippen molar-refractivity contribution in [3.63, 3.8) is 0 Å². The Balaban J connectivity index is 0.00000420. The summed E-state index contributed by atoms with van der Waals surface area (Å²) in [5.74, 6) is 1.63. The first-order valence-corrected chi connectivity index (χ1v) is 10.9. The van der Waals surface area contributed by atoms with Crippen LogP contribution in [0.5, 0.6) is 11.5 Å². The molecule has 0 fully saturated rings. The van der Waals surface area contributed by atoms with Crippen molar-refractivity contribution < 1.29 is 9.47 Å². The maximum Gasteiger partial charge on any atom is 0.161 e. The van der Waals surface area contributed by atoms with Gasteiger partial charge in [-0.3, -0.25) is 0 Å². The van der Waals surface area contributed by atoms with Gasteiger partial charge < -0.3 is 14.8 Å². The predicted octanol–water partition coefficient (Wildman–Crippen LogP) is 6.84. The Labute approximate surface area is 183 Å². The van der Waals surface area contributed by atoms with Crippen molar-refractivity contribution in [3.8, 4) is 11.5 Å². The number of rotatable bonds is 14. The molecule has 2 aromatic carbocycles. The lowest BCUT2D eigenvalue weighted by Gasteiger charge is -2.14. The summed E-state index contributed by atoms with van der Waals surface area (Å²) >= 11 is 0. The molecule has 2 aromatic rings. The maximum atomic E-state index is 6.01. The Hall–Kier alpha value is -1.71. The first-order valence-electron chi connectivity index (χ1n) is 10.9. The molecule has 0 bridgehead atoms. The Morgan fingerprint density at radius 3 is 2.17 bits per heavy atom. The average Bonchev–Trinajstić information content (AvgIpc) is 2.71. The minimum absolute atomic E-state index is 0. The topological polar surface area (TPSA) is 30.5 Å². The summed E-state index contributed by atoms with van der Waals surface area (Å²) in [6.07, 6.45) is 7.98. The quantitative estimate of drug-likeness (QED) is 0.340. The van der Waals surface area contributed by atoms with E-state index in [1.54, 1.807) is 0 Å². The first kappa shape index (κ1) is 25.3. The van der Waals surface area contributed by atoms with Gasteiger partial charge in [0.2, 0.25) is 0 Å². The maximum absolute atomic E-state index is 6.01. The van der Waals surface area contributed by atoms with Crippen molar-refractivity contribution in [2.24, 2.45) is 0 Å². The van der Waals surface area contributed by atoms with Gasteiger partial charge in [-0.1, -0.05) is 74.9 Å². The molecule has 0 aliphatic rings. The van der Waals surface area contributed by atoms with E-state index >= 15 is 0 Å². The lowest BCUT2D eigenvalue weighted by molar-refractivity contribution is 0.269. The summed E-state index contributed by atoms with van der Waals surface area (Å²) < 4.78 is 11.8. The molecule has 0 spiro atoms. The second kappa shape index (κ2) is 15.2. The molecule has 0 aliphatic heterocycles. The molecule has 0 aromatic heterocycles. The van der Waals surface area contributed by atoms with E-state index in [2.05, 4.69) is 55.6 Å². The van der Waals surface area contributed by atoms with Crippen LogP contribution in [0, 0.1) is 6.92 Å². The molecule has 0 unspecified atom stereocenters. The van der Waals surface area contributed by atoms with Crippen LogP contribution in [0.15, 0.2) is 42.5 Å². The molecule has 0 atom stereocenters. The lowest BCUT2D eigenvalue weighted by Crippen LogP contribution is -2.14. The van der Waals surface area contributed by atoms with Gasteiger partial charge in [-0.05, 0) is 50.1 Å². The Kier molecular flexibility index (Phi) is 13.3. The SMILES string of the molecule is CCCCCCCCNCc1ccc(OCc2ccc(C)cc2)c(OCC)c1.Cl. The number of unbranched alkanes of at least 4 members (excludes halogenated alkanes) is 5. The number of halogens is 1. The molecule has 4 heteroatoms. The van der Waals surface area contributed by atoms with Gasteiger partial charge >= 0.3 is 0 Å². The summed E-state index contributed by atoms with van der Waals surface area (Å²) in [6, 6.07) is 14.7. The number of hydrogen-bond acceptors (Lipinski definition) is 3. The smallest absolute Gasteiger partial charge is 0.161 e. The molecular formula is C25H38ClNO2. The lowest BCUT2D eigenvalue weighted by atomic mass is 10.1. The van der Waals surface area contributed by atoms with Crippen LogP contribution in [0.1, 0.15) is 69.1 Å². The Morgan fingerprint density at radius 2 is 1.45 bits per heavy atom. The third kappa shape index (κ3) is 10.0. The van der Waals surface area contributed by atoms with Crippen molar-refractivity contribution in [3.05, 3.63) is 59.2 Å². The third-order valence-corrected chi connectivity index (χ3v) is 4.86. The van der Waals surface area contributed by atoms with E-state index in [4.69, 9.17) is 9.47 Å². The van der Waals surface area contributed by atoms with Crippen LogP contribution in [-0.4, -0.2) is 13.2 Å². The molecular weight excluding hydrogens is 382 g/mol. The minimum atomic E-state index is 0. The molecule has 1 N–H and O–H groups in total. The summed E-state index contributed by atoms with van der Waals surface area (Å²) in [5.41, 5.74) is 3.66. The van der Waals surface area contributed by atoms with Crippen molar-refractivity contribution in [1.82, 2.24) is 5.32 Å². The van der Waals surface area contributed by atoms with Crippen LogP contribution in [0.3, 0.4) is 0 Å². The predicted molar refractivity (Wildman–Crippen MR) is 125 cm³/mol. The summed E-state index contributed by atoms with van der Waals surface area (Å²) in [7, 11) is 0. The fraction of sp³-hybridized carbons (Fsp3) is 0.520. The highest BCUT2D eigenvalue weighted by Crippen LogP contribution is 2.29. The first-order chi connectivity index (χ1) is 13.7. The van der Waals surface area contributed by atoms with Crippen molar-refractivity contribution in [2.75, 3.05) is 13.2 Å². The van der Waals surface area contributed by atoms with Crippen LogP contribution in [-0.2, 0) is 13.2 Å². The Morgan fingerprint density at radius 1 is 0.759 bits per heavy atom. The van der Waals surface area contributed by atoms with Crippen molar-refractivity contribution >= 4 is 12.4 Å². The van der Waals surface area contributed by atoms with E-state index in [-0.39, 0.29) is 12.4 Å². The molecule has 0 saturated heterocycles. The van der Waals surface area contributed by atoms with Gasteiger partial charge in [-0.2, -0.15) is 0 Å². The molecule has 0 radical (unpaired) electrons. The van der Waals surface area contributed by atoms with Crippen molar-refractivity contribution in [1.29, 1.82) is 0 Å². The van der Waals surface area contributed by atoms with Crippen molar-refractivity contribution in [2.45, 2.75) is 72.4 Å². The van der Waals surface area contributed by atoms with E-state index in [0.29, 0.717) is 13.2 Å². The van der Waals surface area contributed by atoms with E-state index in [1.807, 2.05) is 13.0 Å². The number of benzene rings is 2. The standard InChI is InChI=1S/C25H37NO2.ClH/c1-4-6-7-8-9-10-17-26-19-23-15-16-24(25(18-23)27-5-2)28-20-22-13-11-21(3)12-14-22;/h11-16,18,26H,4-10,17,19-20H2,1-3H3;1H. The number of hydrogen-bond donors (Lipinski definition) is 1. The van der Waals surface area contributed by atoms with Crippen LogP contribution in [0.25, 0.3) is 0 Å². The average molecular weight is 420 g/mol. The molecule has 29 heavy (non-hydrogen) atoms. The van der Waals surface area contributed by atoms with Gasteiger partial charge in [0.25, 0.3) is 0 Å². The summed E-state index contributed by atoms with van der Waals surface area (Å²) in [5, 5.41) is 3.55. The molecule has 0 saturated carbocycles. The number of nitrogens with one attached hydrogen (secondary N) is 1. The zero-order valence-electron chi connectivity index (χ0n) is 18.3. The highest BCUT2D eigenvalue weighted by molar-refractivity contribution is 5.85. The second-order valence-corrected chi connectivity index (χ2v) is 7.43. The van der Waals surface area contributed by atoms with E-state index in [9.17, 15) is 0 Å². The van der Waals surface area contributed by atoms with E-state index in [1.165, 1.54) is 49.7 Å². The zero-order valence-corrected chi connectivity index (χ0v) is 19.2. The van der Waals surface area contributed by atoms with Crippen LogP contribution >= 0.6 is 12.4 Å². The highest BCUT2D eigenvalue weighted by atomic mass is 35.5. The zero-order chi connectivity index (χ0) is 20.0. The van der Waals surface area contributed by atoms with Crippen LogP contribution in [0.2, 0.25) is 0 Å². The molecule has 2 rings (SSSR count). The molecule has 3 nitrogen and oxygen atoms in total. The number of ether oxygens (including phenoxy) is 2. The van der Waals surface area contributed by atoms with Crippen LogP contribution in [0.4, 0.5) is 0 Å². The normalized spacial score (nSPS) is 10.4.